The van der Waals surface area contributed by atoms with E-state index in [1.165, 1.54) is 10.5 Å². The van der Waals surface area contributed by atoms with Gasteiger partial charge in [0.1, 0.15) is 17.7 Å². The maximum absolute atomic E-state index is 12.7. The van der Waals surface area contributed by atoms with Crippen molar-refractivity contribution in [1.82, 2.24) is 9.97 Å². The first-order chi connectivity index (χ1) is 9.48. The molecule has 0 aliphatic carbocycles. The van der Waals surface area contributed by atoms with Crippen molar-refractivity contribution in [2.75, 3.05) is 10.8 Å². The topological polar surface area (TPSA) is 75.3 Å². The van der Waals surface area contributed by atoms with E-state index in [2.05, 4.69) is 9.97 Å². The van der Waals surface area contributed by atoms with Crippen LogP contribution in [-0.4, -0.2) is 31.0 Å². The number of ether oxygens (including phenoxy) is 1. The first-order valence-electron chi connectivity index (χ1n) is 6.28. The second-order valence-electron chi connectivity index (χ2n) is 4.77. The Morgan fingerprint density at radius 2 is 2.15 bits per heavy atom. The van der Waals surface area contributed by atoms with Crippen molar-refractivity contribution >= 4 is 15.7 Å². The maximum Gasteiger partial charge on any atom is 0.281 e. The molecule has 106 valence electrons. The van der Waals surface area contributed by atoms with Gasteiger partial charge in [-0.05, 0) is 26.0 Å². The Bertz CT molecular complexity index is 739. The van der Waals surface area contributed by atoms with Gasteiger partial charge >= 0.3 is 0 Å². The molecule has 1 aliphatic rings. The molecule has 1 aromatic carbocycles. The van der Waals surface area contributed by atoms with Crippen molar-refractivity contribution in [2.45, 2.75) is 25.0 Å². The molecule has 1 aliphatic heterocycles. The second-order valence-corrected chi connectivity index (χ2v) is 6.60. The van der Waals surface area contributed by atoms with Gasteiger partial charge in [-0.1, -0.05) is 12.1 Å². The van der Waals surface area contributed by atoms with Crippen molar-refractivity contribution in [3.8, 4) is 5.75 Å². The van der Waals surface area contributed by atoms with Crippen LogP contribution < -0.4 is 9.04 Å². The average molecular weight is 293 g/mol. The minimum absolute atomic E-state index is 0.0962. The number of imidazole rings is 1. The number of sulfonamides is 1. The second kappa shape index (κ2) is 4.52. The molecular weight excluding hydrogens is 278 g/mol. The lowest BCUT2D eigenvalue weighted by Gasteiger charge is -2.33. The average Bonchev–Trinajstić information content (AvgIpc) is 2.85. The lowest BCUT2D eigenvalue weighted by molar-refractivity contribution is 0.219. The zero-order chi connectivity index (χ0) is 14.3. The van der Waals surface area contributed by atoms with Crippen LogP contribution in [0.4, 0.5) is 5.69 Å². The quantitative estimate of drug-likeness (QED) is 0.914. The summed E-state index contributed by atoms with van der Waals surface area (Å²) in [4.78, 5) is 6.74. The zero-order valence-corrected chi connectivity index (χ0v) is 12.0. The normalized spacial score (nSPS) is 18.5. The fourth-order valence-electron chi connectivity index (χ4n) is 2.22. The Balaban J connectivity index is 2.10. The summed E-state index contributed by atoms with van der Waals surface area (Å²) in [6.07, 6.45) is 1.14. The van der Waals surface area contributed by atoms with E-state index in [9.17, 15) is 8.42 Å². The number of aromatic nitrogens is 2. The van der Waals surface area contributed by atoms with Gasteiger partial charge in [-0.25, -0.2) is 4.98 Å². The highest BCUT2D eigenvalue weighted by molar-refractivity contribution is 7.92. The Morgan fingerprint density at radius 3 is 2.85 bits per heavy atom. The molecule has 7 heteroatoms. The van der Waals surface area contributed by atoms with Crippen LogP contribution in [0.25, 0.3) is 0 Å². The van der Waals surface area contributed by atoms with E-state index in [4.69, 9.17) is 4.74 Å². The third-order valence-corrected chi connectivity index (χ3v) is 4.82. The Hall–Kier alpha value is -2.02. The standard InChI is InChI=1S/C13H15N3O3S/c1-9-8-16(11-5-3-4-6-12(11)19-9)20(17,18)13-7-14-10(2)15-13/h3-7,9H,8H2,1-2H3,(H,14,15). The Labute approximate surface area is 117 Å². The van der Waals surface area contributed by atoms with Crippen LogP contribution in [0.3, 0.4) is 0 Å². The summed E-state index contributed by atoms with van der Waals surface area (Å²) in [6, 6.07) is 7.12. The Morgan fingerprint density at radius 1 is 1.40 bits per heavy atom. The summed E-state index contributed by atoms with van der Waals surface area (Å²) in [5, 5.41) is 0.0962. The van der Waals surface area contributed by atoms with Crippen LogP contribution in [-0.2, 0) is 10.0 Å². The van der Waals surface area contributed by atoms with Crippen LogP contribution in [0.1, 0.15) is 12.7 Å². The number of hydrogen-bond acceptors (Lipinski definition) is 4. The van der Waals surface area contributed by atoms with E-state index in [0.29, 0.717) is 17.3 Å². The molecule has 3 rings (SSSR count). The number of benzene rings is 1. The molecule has 0 amide bonds. The SMILES string of the molecule is Cc1ncc(S(=O)(=O)N2CC(C)Oc3ccccc32)[nH]1. The van der Waals surface area contributed by atoms with Crippen LogP contribution in [0.2, 0.25) is 0 Å². The summed E-state index contributed by atoms with van der Waals surface area (Å²) in [7, 11) is -3.65. The van der Waals surface area contributed by atoms with Gasteiger partial charge in [-0.3, -0.25) is 4.31 Å². The largest absolute Gasteiger partial charge is 0.487 e. The van der Waals surface area contributed by atoms with Crippen molar-refractivity contribution in [3.63, 3.8) is 0 Å². The first kappa shape index (κ1) is 13.0. The molecule has 0 spiro atoms. The molecule has 0 saturated heterocycles. The van der Waals surface area contributed by atoms with Gasteiger partial charge in [0.05, 0.1) is 18.4 Å². The lowest BCUT2D eigenvalue weighted by atomic mass is 10.2. The third kappa shape index (κ3) is 2.03. The third-order valence-electron chi connectivity index (χ3n) is 3.13. The van der Waals surface area contributed by atoms with Crippen LogP contribution in [0.5, 0.6) is 5.75 Å². The summed E-state index contributed by atoms with van der Waals surface area (Å²) >= 11 is 0. The fraction of sp³-hybridized carbons (Fsp3) is 0.308. The molecule has 20 heavy (non-hydrogen) atoms. The molecule has 1 unspecified atom stereocenters. The van der Waals surface area contributed by atoms with Gasteiger partial charge < -0.3 is 9.72 Å². The molecule has 0 fully saturated rings. The number of fused-ring (bicyclic) bond motifs is 1. The molecule has 2 heterocycles. The molecule has 2 aromatic rings. The number of nitrogens with zero attached hydrogens (tertiary/aromatic N) is 2. The van der Waals surface area contributed by atoms with E-state index in [-0.39, 0.29) is 17.7 Å². The minimum atomic E-state index is -3.65. The molecule has 1 N–H and O–H groups in total. The zero-order valence-electron chi connectivity index (χ0n) is 11.2. The van der Waals surface area contributed by atoms with Crippen molar-refractivity contribution in [1.29, 1.82) is 0 Å². The lowest BCUT2D eigenvalue weighted by Crippen LogP contribution is -2.42. The number of H-pyrrole nitrogens is 1. The van der Waals surface area contributed by atoms with E-state index in [1.807, 2.05) is 13.0 Å². The molecule has 1 aromatic heterocycles. The monoisotopic (exact) mass is 293 g/mol. The summed E-state index contributed by atoms with van der Waals surface area (Å²) < 4.78 is 32.4. The first-order valence-corrected chi connectivity index (χ1v) is 7.72. The fourth-order valence-corrected chi connectivity index (χ4v) is 3.74. The predicted molar refractivity (Wildman–Crippen MR) is 74.4 cm³/mol. The highest BCUT2D eigenvalue weighted by Gasteiger charge is 2.33. The summed E-state index contributed by atoms with van der Waals surface area (Å²) in [6.45, 7) is 3.84. The van der Waals surface area contributed by atoms with Crippen molar-refractivity contribution in [2.24, 2.45) is 0 Å². The number of nitrogens with one attached hydrogen (secondary N) is 1. The van der Waals surface area contributed by atoms with Gasteiger partial charge in [0.25, 0.3) is 10.0 Å². The molecular formula is C13H15N3O3S. The number of anilines is 1. The van der Waals surface area contributed by atoms with Gasteiger partial charge in [-0.15, -0.1) is 0 Å². The number of para-hydroxylation sites is 2. The van der Waals surface area contributed by atoms with Gasteiger partial charge in [0, 0.05) is 0 Å². The summed E-state index contributed by atoms with van der Waals surface area (Å²) in [5.41, 5.74) is 0.554. The molecule has 0 bridgehead atoms. The number of rotatable bonds is 2. The molecule has 0 radical (unpaired) electrons. The highest BCUT2D eigenvalue weighted by atomic mass is 32.2. The molecule has 6 nitrogen and oxygen atoms in total. The summed E-state index contributed by atoms with van der Waals surface area (Å²) in [5.74, 6) is 1.14. The number of aromatic amines is 1. The van der Waals surface area contributed by atoms with E-state index < -0.39 is 10.0 Å². The molecule has 1 atom stereocenters. The van der Waals surface area contributed by atoms with E-state index in [1.54, 1.807) is 25.1 Å². The van der Waals surface area contributed by atoms with E-state index >= 15 is 0 Å². The van der Waals surface area contributed by atoms with Crippen LogP contribution >= 0.6 is 0 Å². The Kier molecular flexibility index (Phi) is 2.93. The van der Waals surface area contributed by atoms with Gasteiger partial charge in [0.2, 0.25) is 0 Å². The van der Waals surface area contributed by atoms with Crippen molar-refractivity contribution in [3.05, 3.63) is 36.3 Å². The number of hydrogen-bond donors (Lipinski definition) is 1. The highest BCUT2D eigenvalue weighted by Crippen LogP contribution is 2.36. The van der Waals surface area contributed by atoms with Crippen LogP contribution in [0, 0.1) is 6.92 Å². The van der Waals surface area contributed by atoms with Gasteiger partial charge in [0.15, 0.2) is 5.03 Å². The number of aryl methyl sites for hydroxylation is 1. The maximum atomic E-state index is 12.7. The van der Waals surface area contributed by atoms with E-state index in [0.717, 1.165) is 0 Å². The predicted octanol–water partition coefficient (Wildman–Crippen LogP) is 1.69. The molecule has 0 saturated carbocycles. The minimum Gasteiger partial charge on any atom is -0.487 e. The smallest absolute Gasteiger partial charge is 0.281 e. The van der Waals surface area contributed by atoms with Crippen LogP contribution in [0.15, 0.2) is 35.5 Å². The van der Waals surface area contributed by atoms with Gasteiger partial charge in [-0.2, -0.15) is 8.42 Å². The van der Waals surface area contributed by atoms with Crippen molar-refractivity contribution < 1.29 is 13.2 Å².